The molecule has 0 radical (unpaired) electrons. The summed E-state index contributed by atoms with van der Waals surface area (Å²) < 4.78 is 0. The number of hydrogen-bond donors (Lipinski definition) is 1. The molecule has 1 N–H and O–H groups in total. The minimum absolute atomic E-state index is 0.108. The normalized spacial score (nSPS) is 16.2. The number of carbonyl (C=O) groups excluding carboxylic acids is 1. The highest BCUT2D eigenvalue weighted by atomic mass is 16.2. The van der Waals surface area contributed by atoms with Crippen molar-refractivity contribution in [1.29, 1.82) is 0 Å². The van der Waals surface area contributed by atoms with Gasteiger partial charge in [0.25, 0.3) is 0 Å². The number of benzene rings is 1. The van der Waals surface area contributed by atoms with Gasteiger partial charge in [0.1, 0.15) is 0 Å². The second-order valence-electron chi connectivity index (χ2n) is 4.77. The van der Waals surface area contributed by atoms with Crippen molar-refractivity contribution in [3.05, 3.63) is 41.0 Å². The number of nitrogens with zero attached hydrogens (tertiary/aromatic N) is 1. The number of rotatable bonds is 2. The Bertz CT molecular complexity index is 460. The molecule has 1 aliphatic heterocycles. The summed E-state index contributed by atoms with van der Waals surface area (Å²) in [5, 5.41) is 3.24. The topological polar surface area (TPSA) is 32.3 Å². The average molecular weight is 244 g/mol. The van der Waals surface area contributed by atoms with Gasteiger partial charge in [-0.05, 0) is 31.1 Å². The van der Waals surface area contributed by atoms with E-state index in [9.17, 15) is 4.79 Å². The lowest BCUT2D eigenvalue weighted by Crippen LogP contribution is -2.45. The summed E-state index contributed by atoms with van der Waals surface area (Å²) in [6, 6.07) is 6.27. The van der Waals surface area contributed by atoms with Crippen LogP contribution in [0.1, 0.15) is 16.7 Å². The molecule has 0 aromatic heterocycles. The van der Waals surface area contributed by atoms with Crippen molar-refractivity contribution in [2.45, 2.75) is 13.8 Å². The van der Waals surface area contributed by atoms with Crippen LogP contribution in [0.4, 0.5) is 0 Å². The lowest BCUT2D eigenvalue weighted by atomic mass is 10.1. The van der Waals surface area contributed by atoms with Crippen LogP contribution in [0, 0.1) is 13.8 Å². The van der Waals surface area contributed by atoms with Crippen LogP contribution in [0.5, 0.6) is 0 Å². The van der Waals surface area contributed by atoms with Gasteiger partial charge in [0.2, 0.25) is 5.91 Å². The van der Waals surface area contributed by atoms with Gasteiger partial charge in [-0.3, -0.25) is 4.79 Å². The standard InChI is InChI=1S/C15H20N2O/c1-12-3-4-14(13(2)11-12)5-6-15(18)17-9-7-16-8-10-17/h3-6,11,16H,7-10H2,1-2H3. The smallest absolute Gasteiger partial charge is 0.246 e. The van der Waals surface area contributed by atoms with Gasteiger partial charge in [-0.2, -0.15) is 0 Å². The summed E-state index contributed by atoms with van der Waals surface area (Å²) in [4.78, 5) is 13.8. The lowest BCUT2D eigenvalue weighted by Gasteiger charge is -2.26. The number of carbonyl (C=O) groups is 1. The van der Waals surface area contributed by atoms with E-state index in [1.54, 1.807) is 6.08 Å². The predicted molar refractivity (Wildman–Crippen MR) is 74.4 cm³/mol. The van der Waals surface area contributed by atoms with Crippen LogP contribution in [-0.4, -0.2) is 37.0 Å². The molecule has 2 rings (SSSR count). The Labute approximate surface area is 108 Å². The van der Waals surface area contributed by atoms with Gasteiger partial charge < -0.3 is 10.2 Å². The number of amides is 1. The molecule has 1 amide bonds. The van der Waals surface area contributed by atoms with Crippen LogP contribution in [0.15, 0.2) is 24.3 Å². The molecule has 0 saturated carbocycles. The van der Waals surface area contributed by atoms with Crippen LogP contribution < -0.4 is 5.32 Å². The van der Waals surface area contributed by atoms with E-state index in [1.165, 1.54) is 11.1 Å². The van der Waals surface area contributed by atoms with Crippen molar-refractivity contribution in [3.63, 3.8) is 0 Å². The molecule has 1 aromatic carbocycles. The Kier molecular flexibility index (Phi) is 4.15. The largest absolute Gasteiger partial charge is 0.337 e. The molecule has 0 atom stereocenters. The van der Waals surface area contributed by atoms with Gasteiger partial charge in [-0.15, -0.1) is 0 Å². The monoisotopic (exact) mass is 244 g/mol. The summed E-state index contributed by atoms with van der Waals surface area (Å²) in [6.07, 6.45) is 3.60. The van der Waals surface area contributed by atoms with Crippen LogP contribution in [-0.2, 0) is 4.79 Å². The van der Waals surface area contributed by atoms with Crippen molar-refractivity contribution in [2.75, 3.05) is 26.2 Å². The maximum Gasteiger partial charge on any atom is 0.246 e. The molecule has 3 heteroatoms. The number of aryl methyl sites for hydroxylation is 2. The molecule has 18 heavy (non-hydrogen) atoms. The number of piperazine rings is 1. The first-order valence-electron chi connectivity index (χ1n) is 6.42. The minimum Gasteiger partial charge on any atom is -0.337 e. The average Bonchev–Trinajstić information content (AvgIpc) is 2.38. The summed E-state index contributed by atoms with van der Waals surface area (Å²) in [7, 11) is 0. The fourth-order valence-corrected chi connectivity index (χ4v) is 2.16. The second-order valence-corrected chi connectivity index (χ2v) is 4.77. The Hall–Kier alpha value is -1.61. The van der Waals surface area contributed by atoms with Crippen molar-refractivity contribution in [1.82, 2.24) is 10.2 Å². The van der Waals surface area contributed by atoms with Crippen molar-refractivity contribution in [2.24, 2.45) is 0 Å². The molecular weight excluding hydrogens is 224 g/mol. The first-order valence-corrected chi connectivity index (χ1v) is 6.42. The summed E-state index contributed by atoms with van der Waals surface area (Å²) >= 11 is 0. The summed E-state index contributed by atoms with van der Waals surface area (Å²) in [6.45, 7) is 7.53. The second kappa shape index (κ2) is 5.83. The maximum atomic E-state index is 12.0. The summed E-state index contributed by atoms with van der Waals surface area (Å²) in [5.74, 6) is 0.108. The number of nitrogens with one attached hydrogen (secondary N) is 1. The van der Waals surface area contributed by atoms with E-state index in [-0.39, 0.29) is 5.91 Å². The Morgan fingerprint density at radius 2 is 2.00 bits per heavy atom. The first kappa shape index (κ1) is 12.8. The fraction of sp³-hybridized carbons (Fsp3) is 0.400. The predicted octanol–water partition coefficient (Wildman–Crippen LogP) is 1.75. The molecule has 1 aliphatic rings. The maximum absolute atomic E-state index is 12.0. The third-order valence-corrected chi connectivity index (χ3v) is 3.26. The Morgan fingerprint density at radius 3 is 2.67 bits per heavy atom. The molecule has 0 bridgehead atoms. The highest BCUT2D eigenvalue weighted by Gasteiger charge is 2.13. The molecule has 0 spiro atoms. The molecule has 1 aromatic rings. The van der Waals surface area contributed by atoms with Gasteiger partial charge in [-0.25, -0.2) is 0 Å². The molecule has 0 unspecified atom stereocenters. The highest BCUT2D eigenvalue weighted by Crippen LogP contribution is 2.12. The molecular formula is C15H20N2O. The van der Waals surface area contributed by atoms with E-state index in [2.05, 4.69) is 37.4 Å². The van der Waals surface area contributed by atoms with E-state index >= 15 is 0 Å². The van der Waals surface area contributed by atoms with E-state index < -0.39 is 0 Å². The van der Waals surface area contributed by atoms with E-state index in [1.807, 2.05) is 11.0 Å². The van der Waals surface area contributed by atoms with Crippen LogP contribution >= 0.6 is 0 Å². The van der Waals surface area contributed by atoms with Gasteiger partial charge in [0, 0.05) is 32.3 Å². The molecule has 96 valence electrons. The SMILES string of the molecule is Cc1ccc(C=CC(=O)N2CCNCC2)c(C)c1. The zero-order chi connectivity index (χ0) is 13.0. The summed E-state index contributed by atoms with van der Waals surface area (Å²) in [5.41, 5.74) is 3.57. The quantitative estimate of drug-likeness (QED) is 0.804. The van der Waals surface area contributed by atoms with Crippen molar-refractivity contribution < 1.29 is 4.79 Å². The molecule has 1 fully saturated rings. The third-order valence-electron chi connectivity index (χ3n) is 3.26. The molecule has 1 saturated heterocycles. The molecule has 1 heterocycles. The van der Waals surface area contributed by atoms with E-state index in [0.29, 0.717) is 0 Å². The zero-order valence-electron chi connectivity index (χ0n) is 11.1. The first-order chi connectivity index (χ1) is 8.66. The van der Waals surface area contributed by atoms with E-state index in [4.69, 9.17) is 0 Å². The Balaban J connectivity index is 2.03. The van der Waals surface area contributed by atoms with Crippen molar-refractivity contribution >= 4 is 12.0 Å². The van der Waals surface area contributed by atoms with Crippen molar-refractivity contribution in [3.8, 4) is 0 Å². The van der Waals surface area contributed by atoms with Gasteiger partial charge in [0.15, 0.2) is 0 Å². The third kappa shape index (κ3) is 3.20. The number of hydrogen-bond acceptors (Lipinski definition) is 2. The molecule has 3 nitrogen and oxygen atoms in total. The Morgan fingerprint density at radius 1 is 1.28 bits per heavy atom. The van der Waals surface area contributed by atoms with Gasteiger partial charge in [-0.1, -0.05) is 23.8 Å². The van der Waals surface area contributed by atoms with Crippen LogP contribution in [0.25, 0.3) is 6.08 Å². The van der Waals surface area contributed by atoms with Crippen LogP contribution in [0.2, 0.25) is 0 Å². The zero-order valence-corrected chi connectivity index (χ0v) is 11.1. The highest BCUT2D eigenvalue weighted by molar-refractivity contribution is 5.92. The fourth-order valence-electron chi connectivity index (χ4n) is 2.16. The van der Waals surface area contributed by atoms with E-state index in [0.717, 1.165) is 31.7 Å². The van der Waals surface area contributed by atoms with Gasteiger partial charge in [0.05, 0.1) is 0 Å². The lowest BCUT2D eigenvalue weighted by molar-refractivity contribution is -0.126. The minimum atomic E-state index is 0.108. The van der Waals surface area contributed by atoms with Gasteiger partial charge >= 0.3 is 0 Å². The molecule has 0 aliphatic carbocycles. The van der Waals surface area contributed by atoms with Crippen LogP contribution in [0.3, 0.4) is 0 Å².